The third-order valence-electron chi connectivity index (χ3n) is 3.10. The molecule has 4 nitrogen and oxygen atoms in total. The van der Waals surface area contributed by atoms with Crippen LogP contribution in [-0.2, 0) is 0 Å². The molecule has 20 heavy (non-hydrogen) atoms. The molecule has 0 fully saturated rings. The monoisotopic (exact) mass is 284 g/mol. The van der Waals surface area contributed by atoms with Crippen LogP contribution in [0.3, 0.4) is 0 Å². The molecule has 0 aliphatic carbocycles. The van der Waals surface area contributed by atoms with E-state index in [9.17, 15) is 0 Å². The fraction of sp³-hybridized carbons (Fsp3) is 0.0667. The van der Waals surface area contributed by atoms with Crippen LogP contribution in [0, 0.1) is 6.92 Å². The summed E-state index contributed by atoms with van der Waals surface area (Å²) in [4.78, 5) is 8.50. The molecule has 0 saturated carbocycles. The molecule has 3 N–H and O–H groups in total. The second-order valence-corrected chi connectivity index (χ2v) is 5.00. The first kappa shape index (κ1) is 12.7. The molecule has 0 aliphatic rings. The van der Waals surface area contributed by atoms with Crippen LogP contribution in [-0.4, -0.2) is 9.97 Å². The highest BCUT2D eigenvalue weighted by Gasteiger charge is 2.05. The van der Waals surface area contributed by atoms with Gasteiger partial charge in [-0.2, -0.15) is 0 Å². The van der Waals surface area contributed by atoms with E-state index in [4.69, 9.17) is 17.3 Å². The van der Waals surface area contributed by atoms with Gasteiger partial charge in [-0.3, -0.25) is 0 Å². The minimum Gasteiger partial charge on any atom is -0.399 e. The minimum absolute atomic E-state index is 0.681. The zero-order chi connectivity index (χ0) is 14.1. The van der Waals surface area contributed by atoms with E-state index in [2.05, 4.69) is 15.3 Å². The fourth-order valence-corrected chi connectivity index (χ4v) is 2.16. The van der Waals surface area contributed by atoms with Crippen LogP contribution in [0.15, 0.2) is 42.7 Å². The van der Waals surface area contributed by atoms with Gasteiger partial charge in [0.05, 0.1) is 5.52 Å². The first-order valence-corrected chi connectivity index (χ1v) is 6.55. The molecule has 5 heteroatoms. The van der Waals surface area contributed by atoms with E-state index in [-0.39, 0.29) is 0 Å². The van der Waals surface area contributed by atoms with E-state index >= 15 is 0 Å². The highest BCUT2D eigenvalue weighted by molar-refractivity contribution is 6.31. The Labute approximate surface area is 121 Å². The molecule has 0 saturated heterocycles. The van der Waals surface area contributed by atoms with Gasteiger partial charge in [0.15, 0.2) is 0 Å². The van der Waals surface area contributed by atoms with Gasteiger partial charge in [-0.25, -0.2) is 9.97 Å². The van der Waals surface area contributed by atoms with Crippen molar-refractivity contribution >= 4 is 39.7 Å². The largest absolute Gasteiger partial charge is 0.399 e. The Bertz CT molecular complexity index is 786. The highest BCUT2D eigenvalue weighted by atomic mass is 35.5. The van der Waals surface area contributed by atoms with E-state index in [1.807, 2.05) is 43.3 Å². The van der Waals surface area contributed by atoms with Gasteiger partial charge in [-0.15, -0.1) is 0 Å². The van der Waals surface area contributed by atoms with Crippen LogP contribution in [0.5, 0.6) is 0 Å². The van der Waals surface area contributed by atoms with Crippen molar-refractivity contribution in [3.05, 3.63) is 53.3 Å². The Balaban J connectivity index is 2.04. The molecular weight excluding hydrogens is 272 g/mol. The Morgan fingerprint density at radius 2 is 1.95 bits per heavy atom. The van der Waals surface area contributed by atoms with E-state index in [1.165, 1.54) is 6.33 Å². The van der Waals surface area contributed by atoms with Gasteiger partial charge < -0.3 is 11.1 Å². The van der Waals surface area contributed by atoms with E-state index in [1.54, 1.807) is 0 Å². The summed E-state index contributed by atoms with van der Waals surface area (Å²) in [6.07, 6.45) is 1.51. The molecular formula is C15H13ClN4. The lowest BCUT2D eigenvalue weighted by Crippen LogP contribution is -1.97. The van der Waals surface area contributed by atoms with Gasteiger partial charge >= 0.3 is 0 Å². The summed E-state index contributed by atoms with van der Waals surface area (Å²) in [7, 11) is 0. The van der Waals surface area contributed by atoms with Gasteiger partial charge in [0.25, 0.3) is 0 Å². The lowest BCUT2D eigenvalue weighted by Gasteiger charge is -2.09. The Morgan fingerprint density at radius 1 is 1.10 bits per heavy atom. The molecule has 0 atom stereocenters. The number of benzene rings is 2. The van der Waals surface area contributed by atoms with E-state index < -0.39 is 0 Å². The molecule has 0 unspecified atom stereocenters. The lowest BCUT2D eigenvalue weighted by atomic mass is 10.2. The Morgan fingerprint density at radius 3 is 2.75 bits per heavy atom. The molecule has 0 amide bonds. The normalized spacial score (nSPS) is 10.7. The van der Waals surface area contributed by atoms with Crippen molar-refractivity contribution in [1.82, 2.24) is 9.97 Å². The van der Waals surface area contributed by atoms with Gasteiger partial charge in [-0.1, -0.05) is 17.7 Å². The van der Waals surface area contributed by atoms with Crippen LogP contribution in [0.2, 0.25) is 5.02 Å². The van der Waals surface area contributed by atoms with E-state index in [0.717, 1.165) is 33.0 Å². The second-order valence-electron chi connectivity index (χ2n) is 4.59. The standard InChI is InChI=1S/C15H13ClN4/c1-9-2-4-11(7-13(9)16)20-15-12-5-3-10(17)6-14(12)18-8-19-15/h2-8H,17H2,1H3,(H,18,19,20). The van der Waals surface area contributed by atoms with Gasteiger partial charge in [-0.05, 0) is 42.8 Å². The number of nitrogens with zero attached hydrogens (tertiary/aromatic N) is 2. The predicted octanol–water partition coefficient (Wildman–Crippen LogP) is 3.92. The first-order chi connectivity index (χ1) is 9.63. The number of hydrogen-bond acceptors (Lipinski definition) is 4. The van der Waals surface area contributed by atoms with E-state index in [0.29, 0.717) is 5.69 Å². The molecule has 0 radical (unpaired) electrons. The van der Waals surface area contributed by atoms with Crippen LogP contribution >= 0.6 is 11.6 Å². The maximum atomic E-state index is 6.13. The summed E-state index contributed by atoms with van der Waals surface area (Å²) in [5.41, 5.74) is 9.18. The van der Waals surface area contributed by atoms with Crippen LogP contribution in [0.25, 0.3) is 10.9 Å². The fourth-order valence-electron chi connectivity index (χ4n) is 1.98. The second kappa shape index (κ2) is 4.98. The number of halogens is 1. The molecule has 100 valence electrons. The topological polar surface area (TPSA) is 63.8 Å². The summed E-state index contributed by atoms with van der Waals surface area (Å²) in [6.45, 7) is 1.97. The number of rotatable bonds is 2. The van der Waals surface area contributed by atoms with Crippen molar-refractivity contribution in [1.29, 1.82) is 0 Å². The summed E-state index contributed by atoms with van der Waals surface area (Å²) in [6, 6.07) is 11.4. The summed E-state index contributed by atoms with van der Waals surface area (Å²) in [5.74, 6) is 0.731. The summed E-state index contributed by atoms with van der Waals surface area (Å²) in [5, 5.41) is 4.89. The van der Waals surface area contributed by atoms with Crippen LogP contribution in [0.1, 0.15) is 5.56 Å². The number of aromatic nitrogens is 2. The molecule has 3 rings (SSSR count). The van der Waals surface area contributed by atoms with Crippen LogP contribution < -0.4 is 11.1 Å². The van der Waals surface area contributed by atoms with Crippen molar-refractivity contribution in [3.8, 4) is 0 Å². The van der Waals surface area contributed by atoms with Crippen molar-refractivity contribution in [2.24, 2.45) is 0 Å². The molecule has 2 aromatic carbocycles. The molecule has 0 spiro atoms. The zero-order valence-electron chi connectivity index (χ0n) is 10.9. The number of nitrogens with one attached hydrogen (secondary N) is 1. The van der Waals surface area contributed by atoms with Crippen molar-refractivity contribution in [2.45, 2.75) is 6.92 Å². The SMILES string of the molecule is Cc1ccc(Nc2ncnc3cc(N)ccc23)cc1Cl. The molecule has 1 heterocycles. The highest BCUT2D eigenvalue weighted by Crippen LogP contribution is 2.26. The number of fused-ring (bicyclic) bond motifs is 1. The number of hydrogen-bond donors (Lipinski definition) is 2. The molecule has 0 bridgehead atoms. The maximum absolute atomic E-state index is 6.13. The summed E-state index contributed by atoms with van der Waals surface area (Å²) >= 11 is 6.13. The number of anilines is 3. The average Bonchev–Trinajstić information content (AvgIpc) is 2.43. The third kappa shape index (κ3) is 2.38. The Hall–Kier alpha value is -2.33. The van der Waals surface area contributed by atoms with Crippen LogP contribution in [0.4, 0.5) is 17.2 Å². The third-order valence-corrected chi connectivity index (χ3v) is 3.50. The Kier molecular flexibility index (Phi) is 3.16. The van der Waals surface area contributed by atoms with Crippen molar-refractivity contribution < 1.29 is 0 Å². The van der Waals surface area contributed by atoms with Crippen molar-refractivity contribution in [2.75, 3.05) is 11.1 Å². The number of nitrogens with two attached hydrogens (primary N) is 1. The first-order valence-electron chi connectivity index (χ1n) is 6.17. The van der Waals surface area contributed by atoms with Gasteiger partial charge in [0.2, 0.25) is 0 Å². The van der Waals surface area contributed by atoms with Gasteiger partial charge in [0.1, 0.15) is 12.1 Å². The maximum Gasteiger partial charge on any atom is 0.141 e. The smallest absolute Gasteiger partial charge is 0.141 e. The predicted molar refractivity (Wildman–Crippen MR) is 83.4 cm³/mol. The minimum atomic E-state index is 0.681. The molecule has 1 aromatic heterocycles. The quantitative estimate of drug-likeness (QED) is 0.700. The molecule has 0 aliphatic heterocycles. The number of aryl methyl sites for hydroxylation is 1. The van der Waals surface area contributed by atoms with Crippen molar-refractivity contribution in [3.63, 3.8) is 0 Å². The number of nitrogen functional groups attached to an aromatic ring is 1. The van der Waals surface area contributed by atoms with Gasteiger partial charge in [0, 0.05) is 21.8 Å². The lowest BCUT2D eigenvalue weighted by molar-refractivity contribution is 1.22. The average molecular weight is 285 g/mol. The molecule has 3 aromatic rings. The summed E-state index contributed by atoms with van der Waals surface area (Å²) < 4.78 is 0. The zero-order valence-corrected chi connectivity index (χ0v) is 11.6.